The summed E-state index contributed by atoms with van der Waals surface area (Å²) in [6.45, 7) is 0. The van der Waals surface area contributed by atoms with Crippen LogP contribution >= 0.6 is 0 Å². The van der Waals surface area contributed by atoms with Gasteiger partial charge < -0.3 is 10.8 Å². The number of H-pyrrole nitrogens is 1. The first-order valence-electron chi connectivity index (χ1n) is 5.89. The zero-order valence-electron chi connectivity index (χ0n) is 10.2. The molecule has 102 valence electrons. The molecular weight excluding hydrogens is 256 g/mol. The maximum Gasteiger partial charge on any atom is 0.248 e. The fourth-order valence-corrected chi connectivity index (χ4v) is 3.76. The molecule has 0 aromatic carbocycles. The third-order valence-electron chi connectivity index (χ3n) is 3.45. The summed E-state index contributed by atoms with van der Waals surface area (Å²) in [7, 11) is -2.23. The molecule has 1 aliphatic carbocycles. The van der Waals surface area contributed by atoms with Crippen molar-refractivity contribution in [1.82, 2.24) is 14.5 Å². The number of likely N-dealkylation sites (N-methyl/N-ethyl adjacent to an activating group) is 1. The Hall–Kier alpha value is -1.12. The summed E-state index contributed by atoms with van der Waals surface area (Å²) in [5, 5.41) is 15.9. The van der Waals surface area contributed by atoms with Gasteiger partial charge in [-0.05, 0) is 12.8 Å². The first-order valence-corrected chi connectivity index (χ1v) is 7.33. The quantitative estimate of drug-likeness (QED) is 0.713. The minimum Gasteiger partial charge on any atom is -0.391 e. The van der Waals surface area contributed by atoms with Crippen molar-refractivity contribution in [2.24, 2.45) is 0 Å². The number of nitrogens with two attached hydrogens (primary N) is 1. The molecule has 8 heteroatoms. The Labute approximate surface area is 106 Å². The predicted octanol–water partition coefficient (Wildman–Crippen LogP) is -0.0841. The van der Waals surface area contributed by atoms with Gasteiger partial charge >= 0.3 is 0 Å². The molecule has 0 amide bonds. The molecule has 0 spiro atoms. The first-order chi connectivity index (χ1) is 8.44. The Morgan fingerprint density at radius 3 is 2.72 bits per heavy atom. The molecule has 0 saturated heterocycles. The van der Waals surface area contributed by atoms with Gasteiger partial charge in [0.2, 0.25) is 10.0 Å². The van der Waals surface area contributed by atoms with E-state index in [4.69, 9.17) is 5.73 Å². The van der Waals surface area contributed by atoms with Crippen LogP contribution in [0.3, 0.4) is 0 Å². The van der Waals surface area contributed by atoms with Crippen LogP contribution in [0.15, 0.2) is 11.1 Å². The van der Waals surface area contributed by atoms with E-state index in [-0.39, 0.29) is 10.7 Å². The number of sulfonamides is 1. The van der Waals surface area contributed by atoms with Crippen molar-refractivity contribution < 1.29 is 13.5 Å². The number of aliphatic hydroxyl groups excluding tert-OH is 1. The molecule has 1 heterocycles. The van der Waals surface area contributed by atoms with Gasteiger partial charge in [0.05, 0.1) is 18.3 Å². The summed E-state index contributed by atoms with van der Waals surface area (Å²) in [5.41, 5.74) is 5.54. The van der Waals surface area contributed by atoms with Gasteiger partial charge in [0.15, 0.2) is 0 Å². The van der Waals surface area contributed by atoms with E-state index in [9.17, 15) is 13.5 Å². The number of aromatic amines is 1. The average molecular weight is 274 g/mol. The number of nitrogens with one attached hydrogen (secondary N) is 1. The van der Waals surface area contributed by atoms with Crippen molar-refractivity contribution in [3.8, 4) is 0 Å². The molecule has 4 N–H and O–H groups in total. The Morgan fingerprint density at radius 2 is 2.17 bits per heavy atom. The number of nitrogen functional groups attached to an aromatic ring is 1. The highest BCUT2D eigenvalue weighted by Gasteiger charge is 2.35. The SMILES string of the molecule is CN(C1CCCCC1O)S(=O)(=O)c1cn[nH]c1N. The van der Waals surface area contributed by atoms with Crippen molar-refractivity contribution in [3.63, 3.8) is 0 Å². The van der Waals surface area contributed by atoms with E-state index in [1.165, 1.54) is 17.5 Å². The molecule has 1 aromatic heterocycles. The summed E-state index contributed by atoms with van der Waals surface area (Å²) in [5.74, 6) is 0.0205. The lowest BCUT2D eigenvalue weighted by Gasteiger charge is -2.34. The monoisotopic (exact) mass is 274 g/mol. The smallest absolute Gasteiger partial charge is 0.248 e. The second kappa shape index (κ2) is 4.87. The van der Waals surface area contributed by atoms with E-state index in [0.29, 0.717) is 12.8 Å². The zero-order chi connectivity index (χ0) is 13.3. The number of hydrogen-bond donors (Lipinski definition) is 3. The maximum atomic E-state index is 12.3. The van der Waals surface area contributed by atoms with E-state index in [1.807, 2.05) is 0 Å². The number of aromatic nitrogens is 2. The van der Waals surface area contributed by atoms with E-state index in [2.05, 4.69) is 10.2 Å². The second-order valence-corrected chi connectivity index (χ2v) is 6.55. The van der Waals surface area contributed by atoms with Gasteiger partial charge in [-0.3, -0.25) is 5.10 Å². The lowest BCUT2D eigenvalue weighted by atomic mass is 9.93. The Kier molecular flexibility index (Phi) is 3.60. The third-order valence-corrected chi connectivity index (χ3v) is 5.36. The van der Waals surface area contributed by atoms with Crippen molar-refractivity contribution in [3.05, 3.63) is 6.20 Å². The molecule has 1 fully saturated rings. The van der Waals surface area contributed by atoms with Gasteiger partial charge in [0.25, 0.3) is 0 Å². The summed E-state index contributed by atoms with van der Waals surface area (Å²) in [6.07, 6.45) is 3.71. The fourth-order valence-electron chi connectivity index (χ4n) is 2.34. The van der Waals surface area contributed by atoms with Crippen LogP contribution in [0.25, 0.3) is 0 Å². The highest BCUT2D eigenvalue weighted by molar-refractivity contribution is 7.89. The topological polar surface area (TPSA) is 112 Å². The third kappa shape index (κ3) is 2.23. The van der Waals surface area contributed by atoms with Crippen LogP contribution in [-0.4, -0.2) is 47.2 Å². The molecule has 1 aromatic rings. The molecule has 2 unspecified atom stereocenters. The summed E-state index contributed by atoms with van der Waals surface area (Å²) < 4.78 is 25.9. The van der Waals surface area contributed by atoms with Gasteiger partial charge in [-0.2, -0.15) is 9.40 Å². The number of anilines is 1. The van der Waals surface area contributed by atoms with Gasteiger partial charge in [-0.15, -0.1) is 0 Å². The minimum atomic E-state index is -3.70. The van der Waals surface area contributed by atoms with Crippen molar-refractivity contribution in [2.45, 2.75) is 42.7 Å². The van der Waals surface area contributed by atoms with Crippen LogP contribution in [0.2, 0.25) is 0 Å². The summed E-state index contributed by atoms with van der Waals surface area (Å²) >= 11 is 0. The number of aliphatic hydroxyl groups is 1. The molecule has 2 rings (SSSR count). The molecule has 1 aliphatic rings. The van der Waals surface area contributed by atoms with Crippen LogP contribution in [0.4, 0.5) is 5.82 Å². The maximum absolute atomic E-state index is 12.3. The molecule has 1 saturated carbocycles. The molecular formula is C10H18N4O3S. The van der Waals surface area contributed by atoms with Crippen LogP contribution in [0.1, 0.15) is 25.7 Å². The lowest BCUT2D eigenvalue weighted by Crippen LogP contribution is -2.46. The van der Waals surface area contributed by atoms with Gasteiger partial charge in [0, 0.05) is 7.05 Å². The summed E-state index contributed by atoms with van der Waals surface area (Å²) in [4.78, 5) is -0.0391. The Bertz CT molecular complexity index is 513. The van der Waals surface area contributed by atoms with Crippen LogP contribution in [-0.2, 0) is 10.0 Å². The normalized spacial score (nSPS) is 25.5. The fraction of sp³-hybridized carbons (Fsp3) is 0.700. The van der Waals surface area contributed by atoms with E-state index >= 15 is 0 Å². The predicted molar refractivity (Wildman–Crippen MR) is 66.2 cm³/mol. The van der Waals surface area contributed by atoms with Crippen molar-refractivity contribution >= 4 is 15.8 Å². The van der Waals surface area contributed by atoms with Crippen LogP contribution < -0.4 is 5.73 Å². The van der Waals surface area contributed by atoms with E-state index in [0.717, 1.165) is 12.8 Å². The molecule has 0 radical (unpaired) electrons. The Morgan fingerprint density at radius 1 is 1.50 bits per heavy atom. The van der Waals surface area contributed by atoms with Crippen LogP contribution in [0, 0.1) is 0 Å². The first kappa shape index (κ1) is 13.3. The minimum absolute atomic E-state index is 0.0205. The largest absolute Gasteiger partial charge is 0.391 e. The van der Waals surface area contributed by atoms with Gasteiger partial charge in [-0.25, -0.2) is 8.42 Å². The van der Waals surface area contributed by atoms with Crippen molar-refractivity contribution in [2.75, 3.05) is 12.8 Å². The molecule has 0 aliphatic heterocycles. The number of rotatable bonds is 3. The molecule has 0 bridgehead atoms. The van der Waals surface area contributed by atoms with Gasteiger partial charge in [-0.1, -0.05) is 12.8 Å². The Balaban J connectivity index is 2.27. The lowest BCUT2D eigenvalue weighted by molar-refractivity contribution is 0.0638. The molecule has 2 atom stereocenters. The molecule has 7 nitrogen and oxygen atoms in total. The number of nitrogens with zero attached hydrogens (tertiary/aromatic N) is 2. The standard InChI is InChI=1S/C10H18N4O3S/c1-14(7-4-2-3-5-8(7)15)18(16,17)9-6-12-13-10(9)11/h6-8,15H,2-5H2,1H3,(H3,11,12,13). The van der Waals surface area contributed by atoms with Crippen LogP contribution in [0.5, 0.6) is 0 Å². The highest BCUT2D eigenvalue weighted by atomic mass is 32.2. The average Bonchev–Trinajstić information content (AvgIpc) is 2.76. The van der Waals surface area contributed by atoms with Gasteiger partial charge in [0.1, 0.15) is 10.7 Å². The van der Waals surface area contributed by atoms with Crippen molar-refractivity contribution in [1.29, 1.82) is 0 Å². The van der Waals surface area contributed by atoms with E-state index < -0.39 is 22.2 Å². The highest BCUT2D eigenvalue weighted by Crippen LogP contribution is 2.28. The second-order valence-electron chi connectivity index (χ2n) is 4.59. The number of hydrogen-bond acceptors (Lipinski definition) is 5. The summed E-state index contributed by atoms with van der Waals surface area (Å²) in [6, 6.07) is -0.391. The zero-order valence-corrected chi connectivity index (χ0v) is 11.0. The van der Waals surface area contributed by atoms with E-state index in [1.54, 1.807) is 0 Å². The molecule has 18 heavy (non-hydrogen) atoms.